The number of aryl methyl sites for hydroxylation is 1. The van der Waals surface area contributed by atoms with Crippen molar-refractivity contribution in [3.05, 3.63) is 81.0 Å². The van der Waals surface area contributed by atoms with E-state index < -0.39 is 4.92 Å². The van der Waals surface area contributed by atoms with Crippen LogP contribution in [0.25, 0.3) is 12.2 Å². The Morgan fingerprint density at radius 1 is 1.18 bits per heavy atom. The second-order valence-corrected chi connectivity index (χ2v) is 5.90. The van der Waals surface area contributed by atoms with E-state index in [4.69, 9.17) is 14.0 Å². The third-order valence-electron chi connectivity index (χ3n) is 3.96. The molecule has 0 aliphatic heterocycles. The predicted molar refractivity (Wildman–Crippen MR) is 101 cm³/mol. The average molecular weight is 384 g/mol. The topological polar surface area (TPSA) is 87.6 Å². The zero-order valence-corrected chi connectivity index (χ0v) is 15.2. The lowest BCUT2D eigenvalue weighted by Crippen LogP contribution is -1.98. The smallest absolute Gasteiger partial charge is 0.338 e. The van der Waals surface area contributed by atoms with Gasteiger partial charge >= 0.3 is 5.69 Å². The summed E-state index contributed by atoms with van der Waals surface area (Å²) in [6, 6.07) is 11.3. The third kappa shape index (κ3) is 4.35. The lowest BCUT2D eigenvalue weighted by Gasteiger charge is -2.11. The molecule has 0 saturated heterocycles. The van der Waals surface area contributed by atoms with Crippen molar-refractivity contribution in [2.75, 3.05) is 7.11 Å². The number of hydrogen-bond acceptors (Lipinski definition) is 6. The van der Waals surface area contributed by atoms with E-state index in [2.05, 4.69) is 5.16 Å². The van der Waals surface area contributed by atoms with Crippen molar-refractivity contribution >= 4 is 17.8 Å². The summed E-state index contributed by atoms with van der Waals surface area (Å²) in [7, 11) is 1.51. The van der Waals surface area contributed by atoms with Crippen LogP contribution in [-0.4, -0.2) is 17.2 Å². The Labute approximate surface area is 160 Å². The van der Waals surface area contributed by atoms with E-state index in [1.807, 2.05) is 0 Å². The lowest BCUT2D eigenvalue weighted by molar-refractivity contribution is -0.386. The molecule has 0 aliphatic carbocycles. The maximum atomic E-state index is 13.0. The monoisotopic (exact) mass is 384 g/mol. The Hall–Kier alpha value is -3.68. The molecule has 0 unspecified atom stereocenters. The summed E-state index contributed by atoms with van der Waals surface area (Å²) in [6.07, 6.45) is 3.13. The molecule has 1 aromatic heterocycles. The van der Waals surface area contributed by atoms with Gasteiger partial charge in [0.1, 0.15) is 12.4 Å². The fourth-order valence-corrected chi connectivity index (χ4v) is 2.53. The van der Waals surface area contributed by atoms with Crippen molar-refractivity contribution in [3.8, 4) is 11.5 Å². The highest BCUT2D eigenvalue weighted by Crippen LogP contribution is 2.30. The largest absolute Gasteiger partial charge is 0.493 e. The van der Waals surface area contributed by atoms with Crippen LogP contribution in [0, 0.1) is 22.9 Å². The zero-order chi connectivity index (χ0) is 20.1. The van der Waals surface area contributed by atoms with Crippen LogP contribution in [0.15, 0.2) is 47.0 Å². The van der Waals surface area contributed by atoms with Crippen molar-refractivity contribution in [2.45, 2.75) is 13.5 Å². The molecule has 0 atom stereocenters. The van der Waals surface area contributed by atoms with Gasteiger partial charge in [-0.3, -0.25) is 10.1 Å². The summed E-state index contributed by atoms with van der Waals surface area (Å²) in [5.74, 6) is 0.774. The van der Waals surface area contributed by atoms with E-state index in [-0.39, 0.29) is 29.6 Å². The Bertz CT molecular complexity index is 1010. The van der Waals surface area contributed by atoms with Crippen LogP contribution >= 0.6 is 0 Å². The Kier molecular flexibility index (Phi) is 5.69. The van der Waals surface area contributed by atoms with E-state index in [9.17, 15) is 14.5 Å². The minimum Gasteiger partial charge on any atom is -0.493 e. The molecule has 0 radical (unpaired) electrons. The Morgan fingerprint density at radius 3 is 2.61 bits per heavy atom. The molecule has 28 heavy (non-hydrogen) atoms. The van der Waals surface area contributed by atoms with Crippen molar-refractivity contribution in [2.24, 2.45) is 0 Å². The molecule has 0 bridgehead atoms. The number of nitrogens with zero attached hydrogens (tertiary/aromatic N) is 2. The van der Waals surface area contributed by atoms with Gasteiger partial charge in [0.2, 0.25) is 5.76 Å². The second kappa shape index (κ2) is 8.34. The van der Waals surface area contributed by atoms with E-state index in [0.29, 0.717) is 11.5 Å². The molecule has 3 rings (SSSR count). The molecule has 0 amide bonds. The zero-order valence-electron chi connectivity index (χ0n) is 15.2. The van der Waals surface area contributed by atoms with E-state index in [0.717, 1.165) is 11.1 Å². The number of aromatic nitrogens is 1. The fourth-order valence-electron chi connectivity index (χ4n) is 2.53. The van der Waals surface area contributed by atoms with Crippen LogP contribution < -0.4 is 9.47 Å². The summed E-state index contributed by atoms with van der Waals surface area (Å²) in [6.45, 7) is 1.77. The fraction of sp³-hybridized carbons (Fsp3) is 0.150. The molecule has 7 nitrogen and oxygen atoms in total. The summed E-state index contributed by atoms with van der Waals surface area (Å²) in [5, 5.41) is 14.7. The van der Waals surface area contributed by atoms with Crippen LogP contribution in [0.5, 0.6) is 11.5 Å². The van der Waals surface area contributed by atoms with E-state index in [1.54, 1.807) is 36.4 Å². The molecule has 0 fully saturated rings. The maximum Gasteiger partial charge on any atom is 0.338 e. The van der Waals surface area contributed by atoms with Gasteiger partial charge in [0.05, 0.1) is 12.0 Å². The van der Waals surface area contributed by atoms with Crippen LogP contribution in [0.4, 0.5) is 10.1 Å². The summed E-state index contributed by atoms with van der Waals surface area (Å²) in [5.41, 5.74) is 1.60. The predicted octanol–water partition coefficient (Wildman–Crippen LogP) is 4.79. The quantitative estimate of drug-likeness (QED) is 0.430. The molecule has 0 spiro atoms. The molecule has 144 valence electrons. The van der Waals surface area contributed by atoms with Gasteiger partial charge in [0, 0.05) is 0 Å². The van der Waals surface area contributed by atoms with Crippen LogP contribution in [0.2, 0.25) is 0 Å². The molecule has 2 aromatic carbocycles. The number of rotatable bonds is 7. The normalized spacial score (nSPS) is 11.0. The molecular weight excluding hydrogens is 367 g/mol. The minimum absolute atomic E-state index is 0.0677. The van der Waals surface area contributed by atoms with Gasteiger partial charge < -0.3 is 14.0 Å². The van der Waals surface area contributed by atoms with Gasteiger partial charge in [0.25, 0.3) is 0 Å². The van der Waals surface area contributed by atoms with Crippen LogP contribution in [-0.2, 0) is 6.61 Å². The molecule has 8 heteroatoms. The maximum absolute atomic E-state index is 13.0. The molecular formula is C20H17FN2O5. The second-order valence-electron chi connectivity index (χ2n) is 5.90. The van der Waals surface area contributed by atoms with Gasteiger partial charge in [-0.05, 0) is 48.4 Å². The highest BCUT2D eigenvalue weighted by molar-refractivity contribution is 5.72. The lowest BCUT2D eigenvalue weighted by atomic mass is 10.1. The minimum atomic E-state index is -0.529. The number of ether oxygens (including phenoxy) is 2. The number of hydrogen-bond donors (Lipinski definition) is 0. The third-order valence-corrected chi connectivity index (χ3v) is 3.96. The van der Waals surface area contributed by atoms with Crippen LogP contribution in [0.3, 0.4) is 0 Å². The van der Waals surface area contributed by atoms with Gasteiger partial charge in [-0.25, -0.2) is 4.39 Å². The van der Waals surface area contributed by atoms with Crippen molar-refractivity contribution in [1.82, 2.24) is 5.16 Å². The van der Waals surface area contributed by atoms with Gasteiger partial charge in [-0.15, -0.1) is 0 Å². The van der Waals surface area contributed by atoms with Gasteiger partial charge in [0.15, 0.2) is 17.2 Å². The first-order valence-electron chi connectivity index (χ1n) is 8.32. The Morgan fingerprint density at radius 2 is 1.93 bits per heavy atom. The standard InChI is InChI=1S/C20H17FN2O5/c1-13-20(23(24)25)18(28-22-13)10-6-14-5-9-17(19(11-14)26-2)27-12-15-3-7-16(21)8-4-15/h3-11H,12H2,1-2H3. The number of nitro groups is 1. The average Bonchev–Trinajstić information content (AvgIpc) is 3.07. The number of halogens is 1. The first kappa shape index (κ1) is 19.1. The Balaban J connectivity index is 1.75. The number of benzene rings is 2. The van der Waals surface area contributed by atoms with Crippen LogP contribution in [0.1, 0.15) is 22.6 Å². The van der Waals surface area contributed by atoms with Gasteiger partial charge in [-0.2, -0.15) is 0 Å². The van der Waals surface area contributed by atoms with Crippen molar-refractivity contribution in [1.29, 1.82) is 0 Å². The first-order valence-corrected chi connectivity index (χ1v) is 8.32. The highest BCUT2D eigenvalue weighted by atomic mass is 19.1. The van der Waals surface area contributed by atoms with Crippen molar-refractivity contribution in [3.63, 3.8) is 0 Å². The molecule has 0 N–H and O–H groups in total. The van der Waals surface area contributed by atoms with Gasteiger partial charge in [-0.1, -0.05) is 29.4 Å². The van der Waals surface area contributed by atoms with E-state index in [1.165, 1.54) is 32.2 Å². The molecule has 3 aromatic rings. The van der Waals surface area contributed by atoms with E-state index >= 15 is 0 Å². The molecule has 0 saturated carbocycles. The molecule has 0 aliphatic rings. The van der Waals surface area contributed by atoms with Crippen molar-refractivity contribution < 1.29 is 23.3 Å². The summed E-state index contributed by atoms with van der Waals surface area (Å²) < 4.78 is 29.0. The number of methoxy groups -OCH3 is 1. The summed E-state index contributed by atoms with van der Waals surface area (Å²) >= 11 is 0. The highest BCUT2D eigenvalue weighted by Gasteiger charge is 2.21. The summed E-state index contributed by atoms with van der Waals surface area (Å²) in [4.78, 5) is 10.6. The molecule has 1 heterocycles. The first-order chi connectivity index (χ1) is 13.5. The SMILES string of the molecule is COc1cc(C=Cc2onc(C)c2[N+](=O)[O-])ccc1OCc1ccc(F)cc1.